The summed E-state index contributed by atoms with van der Waals surface area (Å²) >= 11 is 0. The molecule has 128 valence electrons. The van der Waals surface area contributed by atoms with Crippen LogP contribution in [0, 0.1) is 5.92 Å². The molecule has 1 aliphatic heterocycles. The van der Waals surface area contributed by atoms with Crippen molar-refractivity contribution in [1.82, 2.24) is 20.2 Å². The average molecular weight is 321 g/mol. The largest absolute Gasteiger partial charge is 0.379 e. The third kappa shape index (κ3) is 6.50. The van der Waals surface area contributed by atoms with E-state index in [1.54, 1.807) is 6.20 Å². The second-order valence-corrected chi connectivity index (χ2v) is 6.11. The zero-order valence-electron chi connectivity index (χ0n) is 14.0. The molecule has 0 aromatic carbocycles. The van der Waals surface area contributed by atoms with Crippen LogP contribution in [0.1, 0.15) is 30.8 Å². The fourth-order valence-corrected chi connectivity index (χ4v) is 2.27. The third-order valence-electron chi connectivity index (χ3n) is 3.73. The quantitative estimate of drug-likeness (QED) is 0.743. The Kier molecular flexibility index (Phi) is 7.22. The summed E-state index contributed by atoms with van der Waals surface area (Å²) < 4.78 is 5.32. The molecule has 1 aliphatic rings. The van der Waals surface area contributed by atoms with Gasteiger partial charge >= 0.3 is 0 Å². The van der Waals surface area contributed by atoms with Gasteiger partial charge in [-0.25, -0.2) is 9.97 Å². The molecule has 0 aliphatic carbocycles. The number of ether oxygens (including phenoxy) is 1. The van der Waals surface area contributed by atoms with E-state index in [1.165, 1.54) is 6.20 Å². The van der Waals surface area contributed by atoms with Crippen molar-refractivity contribution >= 4 is 11.7 Å². The molecular formula is C16H27N5O2. The van der Waals surface area contributed by atoms with Crippen LogP contribution in [0.2, 0.25) is 0 Å². The topological polar surface area (TPSA) is 79.4 Å². The van der Waals surface area contributed by atoms with E-state index in [1.807, 2.05) is 0 Å². The number of nitrogens with zero attached hydrogens (tertiary/aromatic N) is 3. The van der Waals surface area contributed by atoms with Crippen molar-refractivity contribution in [3.8, 4) is 0 Å². The lowest BCUT2D eigenvalue weighted by molar-refractivity contribution is 0.0398. The van der Waals surface area contributed by atoms with Crippen molar-refractivity contribution in [1.29, 1.82) is 0 Å². The standard InChI is InChI=1S/C16H27N5O2/c1-13(2)3-4-18-16(22)14-11-20-15(12-19-14)17-5-6-21-7-9-23-10-8-21/h11-13H,3-10H2,1-2H3,(H,17,20)(H,18,22). The van der Waals surface area contributed by atoms with E-state index in [4.69, 9.17) is 4.74 Å². The molecule has 0 radical (unpaired) electrons. The number of morpholine rings is 1. The van der Waals surface area contributed by atoms with Crippen molar-refractivity contribution in [3.05, 3.63) is 18.1 Å². The Bertz CT molecular complexity index is 472. The number of carbonyl (C=O) groups excluding carboxylic acids is 1. The fourth-order valence-electron chi connectivity index (χ4n) is 2.27. The zero-order chi connectivity index (χ0) is 16.5. The molecule has 2 rings (SSSR count). The van der Waals surface area contributed by atoms with Crippen LogP contribution in [0.15, 0.2) is 12.4 Å². The van der Waals surface area contributed by atoms with Gasteiger partial charge < -0.3 is 15.4 Å². The van der Waals surface area contributed by atoms with Gasteiger partial charge in [0.25, 0.3) is 5.91 Å². The molecule has 1 aromatic heterocycles. The van der Waals surface area contributed by atoms with E-state index in [9.17, 15) is 4.79 Å². The monoisotopic (exact) mass is 321 g/mol. The first kappa shape index (κ1) is 17.6. The van der Waals surface area contributed by atoms with Crippen molar-refractivity contribution in [3.63, 3.8) is 0 Å². The van der Waals surface area contributed by atoms with Gasteiger partial charge in [0.05, 0.1) is 25.6 Å². The van der Waals surface area contributed by atoms with Crippen molar-refractivity contribution < 1.29 is 9.53 Å². The molecule has 0 atom stereocenters. The van der Waals surface area contributed by atoms with Gasteiger partial charge in [0.15, 0.2) is 0 Å². The van der Waals surface area contributed by atoms with E-state index in [0.717, 1.165) is 45.8 Å². The number of nitrogens with one attached hydrogen (secondary N) is 2. The lowest BCUT2D eigenvalue weighted by atomic mass is 10.1. The minimum absolute atomic E-state index is 0.169. The van der Waals surface area contributed by atoms with Crippen LogP contribution in [-0.2, 0) is 4.74 Å². The Hall–Kier alpha value is -1.73. The summed E-state index contributed by atoms with van der Waals surface area (Å²) in [4.78, 5) is 22.7. The summed E-state index contributed by atoms with van der Waals surface area (Å²) in [5, 5.41) is 6.08. The highest BCUT2D eigenvalue weighted by Gasteiger charge is 2.10. The maximum absolute atomic E-state index is 11.9. The van der Waals surface area contributed by atoms with Gasteiger partial charge in [0, 0.05) is 32.7 Å². The number of rotatable bonds is 8. The molecule has 1 fully saturated rings. The van der Waals surface area contributed by atoms with E-state index in [2.05, 4.69) is 39.3 Å². The van der Waals surface area contributed by atoms with Crippen molar-refractivity contribution in [2.75, 3.05) is 51.3 Å². The van der Waals surface area contributed by atoms with Gasteiger partial charge in [-0.15, -0.1) is 0 Å². The average Bonchev–Trinajstić information content (AvgIpc) is 2.56. The number of anilines is 1. The highest BCUT2D eigenvalue weighted by molar-refractivity contribution is 5.91. The maximum Gasteiger partial charge on any atom is 0.271 e. The van der Waals surface area contributed by atoms with E-state index >= 15 is 0 Å². The summed E-state index contributed by atoms with van der Waals surface area (Å²) in [6.45, 7) is 10.2. The molecule has 1 saturated heterocycles. The fraction of sp³-hybridized carbons (Fsp3) is 0.688. The van der Waals surface area contributed by atoms with Crippen LogP contribution in [-0.4, -0.2) is 66.7 Å². The van der Waals surface area contributed by atoms with Crippen LogP contribution < -0.4 is 10.6 Å². The predicted octanol–water partition coefficient (Wildman–Crippen LogP) is 0.997. The Morgan fingerprint density at radius 2 is 2.04 bits per heavy atom. The van der Waals surface area contributed by atoms with Gasteiger partial charge in [0.1, 0.15) is 11.5 Å². The summed E-state index contributed by atoms with van der Waals surface area (Å²) in [6, 6.07) is 0. The van der Waals surface area contributed by atoms with Gasteiger partial charge in [-0.3, -0.25) is 9.69 Å². The molecule has 2 N–H and O–H groups in total. The maximum atomic E-state index is 11.9. The smallest absolute Gasteiger partial charge is 0.271 e. The first-order valence-corrected chi connectivity index (χ1v) is 8.29. The number of aromatic nitrogens is 2. The Balaban J connectivity index is 1.70. The van der Waals surface area contributed by atoms with Crippen LogP contribution >= 0.6 is 0 Å². The Labute approximate surface area is 137 Å². The van der Waals surface area contributed by atoms with Gasteiger partial charge in [-0.2, -0.15) is 0 Å². The van der Waals surface area contributed by atoms with Gasteiger partial charge in [-0.05, 0) is 12.3 Å². The van der Waals surface area contributed by atoms with Crippen molar-refractivity contribution in [2.45, 2.75) is 20.3 Å². The summed E-state index contributed by atoms with van der Waals surface area (Å²) in [6.07, 6.45) is 4.08. The number of hydrogen-bond acceptors (Lipinski definition) is 6. The first-order valence-electron chi connectivity index (χ1n) is 8.29. The van der Waals surface area contributed by atoms with Crippen LogP contribution in [0.4, 0.5) is 5.82 Å². The molecule has 0 bridgehead atoms. The lowest BCUT2D eigenvalue weighted by Gasteiger charge is -2.26. The summed E-state index contributed by atoms with van der Waals surface area (Å²) in [7, 11) is 0. The highest BCUT2D eigenvalue weighted by Crippen LogP contribution is 2.03. The molecule has 1 amide bonds. The SMILES string of the molecule is CC(C)CCNC(=O)c1cnc(NCCN2CCOCC2)cn1. The summed E-state index contributed by atoms with van der Waals surface area (Å²) in [5.41, 5.74) is 0.354. The molecule has 2 heterocycles. The normalized spacial score (nSPS) is 15.6. The zero-order valence-corrected chi connectivity index (χ0v) is 14.0. The molecule has 0 saturated carbocycles. The van der Waals surface area contributed by atoms with Gasteiger partial charge in [0.2, 0.25) is 0 Å². The number of amides is 1. The Morgan fingerprint density at radius 3 is 2.70 bits per heavy atom. The minimum atomic E-state index is -0.169. The summed E-state index contributed by atoms with van der Waals surface area (Å²) in [5.74, 6) is 1.09. The molecule has 23 heavy (non-hydrogen) atoms. The molecule has 0 spiro atoms. The highest BCUT2D eigenvalue weighted by atomic mass is 16.5. The van der Waals surface area contributed by atoms with Crippen LogP contribution in [0.3, 0.4) is 0 Å². The number of carbonyl (C=O) groups is 1. The Morgan fingerprint density at radius 1 is 1.26 bits per heavy atom. The third-order valence-corrected chi connectivity index (χ3v) is 3.73. The molecular weight excluding hydrogens is 294 g/mol. The van der Waals surface area contributed by atoms with E-state index in [-0.39, 0.29) is 5.91 Å². The van der Waals surface area contributed by atoms with E-state index < -0.39 is 0 Å². The molecule has 7 heteroatoms. The van der Waals surface area contributed by atoms with Crippen molar-refractivity contribution in [2.24, 2.45) is 5.92 Å². The van der Waals surface area contributed by atoms with Crippen LogP contribution in [0.5, 0.6) is 0 Å². The predicted molar refractivity (Wildman–Crippen MR) is 89.6 cm³/mol. The lowest BCUT2D eigenvalue weighted by Crippen LogP contribution is -2.39. The molecule has 1 aromatic rings. The van der Waals surface area contributed by atoms with Gasteiger partial charge in [-0.1, -0.05) is 13.8 Å². The van der Waals surface area contributed by atoms with Crippen LogP contribution in [0.25, 0.3) is 0 Å². The first-order chi connectivity index (χ1) is 11.1. The second-order valence-electron chi connectivity index (χ2n) is 6.11. The minimum Gasteiger partial charge on any atom is -0.379 e. The molecule has 0 unspecified atom stereocenters. The second kappa shape index (κ2) is 9.42. The van der Waals surface area contributed by atoms with E-state index in [0.29, 0.717) is 24.0 Å². The molecule has 7 nitrogen and oxygen atoms in total. The number of hydrogen-bond donors (Lipinski definition) is 2.